The summed E-state index contributed by atoms with van der Waals surface area (Å²) in [5.74, 6) is 6.56. The molecule has 7 heteroatoms. The standard InChI is InChI=1S/C13H14N6S/c1-8-3-2-5-15-10(8)7-16-11-9-4-6-20-12(9)18-13(17-11)19-14/h2-6H,7,14H2,1H3,(H2,16,17,18,19). The summed E-state index contributed by atoms with van der Waals surface area (Å²) >= 11 is 1.55. The lowest BCUT2D eigenvalue weighted by molar-refractivity contribution is 1.00. The molecule has 0 aliphatic rings. The highest BCUT2D eigenvalue weighted by Gasteiger charge is 2.08. The van der Waals surface area contributed by atoms with Crippen molar-refractivity contribution in [3.8, 4) is 0 Å². The molecule has 0 saturated carbocycles. The summed E-state index contributed by atoms with van der Waals surface area (Å²) in [7, 11) is 0. The lowest BCUT2D eigenvalue weighted by atomic mass is 10.2. The Labute approximate surface area is 120 Å². The molecule has 4 N–H and O–H groups in total. The van der Waals surface area contributed by atoms with Crippen LogP contribution in [0, 0.1) is 6.92 Å². The Hall–Kier alpha value is -2.25. The minimum atomic E-state index is 0.403. The zero-order chi connectivity index (χ0) is 13.9. The highest BCUT2D eigenvalue weighted by Crippen LogP contribution is 2.26. The van der Waals surface area contributed by atoms with E-state index >= 15 is 0 Å². The van der Waals surface area contributed by atoms with Gasteiger partial charge < -0.3 is 5.32 Å². The molecular formula is C13H14N6S. The van der Waals surface area contributed by atoms with E-state index in [1.54, 1.807) is 17.5 Å². The Bertz CT molecular complexity index is 739. The van der Waals surface area contributed by atoms with Crippen LogP contribution in [0.3, 0.4) is 0 Å². The van der Waals surface area contributed by atoms with E-state index in [1.807, 2.05) is 30.5 Å². The number of hydrogen-bond acceptors (Lipinski definition) is 7. The quantitative estimate of drug-likeness (QED) is 0.504. The third kappa shape index (κ3) is 2.40. The molecule has 0 bridgehead atoms. The van der Waals surface area contributed by atoms with Gasteiger partial charge in [-0.3, -0.25) is 10.4 Å². The zero-order valence-electron chi connectivity index (χ0n) is 10.9. The average Bonchev–Trinajstić information content (AvgIpc) is 2.94. The van der Waals surface area contributed by atoms with Crippen LogP contribution >= 0.6 is 11.3 Å². The van der Waals surface area contributed by atoms with Crippen molar-refractivity contribution in [1.82, 2.24) is 15.0 Å². The van der Waals surface area contributed by atoms with E-state index in [-0.39, 0.29) is 0 Å². The van der Waals surface area contributed by atoms with Crippen LogP contribution in [0.15, 0.2) is 29.8 Å². The van der Waals surface area contributed by atoms with Gasteiger partial charge in [0.15, 0.2) is 0 Å². The third-order valence-corrected chi connectivity index (χ3v) is 3.80. The van der Waals surface area contributed by atoms with Crippen LogP contribution in [0.2, 0.25) is 0 Å². The van der Waals surface area contributed by atoms with Crippen LogP contribution < -0.4 is 16.6 Å². The highest BCUT2D eigenvalue weighted by molar-refractivity contribution is 7.16. The second-order valence-corrected chi connectivity index (χ2v) is 5.19. The van der Waals surface area contributed by atoms with Gasteiger partial charge in [-0.25, -0.2) is 10.8 Å². The number of aromatic nitrogens is 3. The van der Waals surface area contributed by atoms with Crippen molar-refractivity contribution in [1.29, 1.82) is 0 Å². The molecule has 0 amide bonds. The maximum atomic E-state index is 5.40. The normalized spacial score (nSPS) is 10.7. The monoisotopic (exact) mass is 286 g/mol. The number of rotatable bonds is 4. The summed E-state index contributed by atoms with van der Waals surface area (Å²) in [5.41, 5.74) is 4.63. The molecule has 0 aliphatic heterocycles. The lowest BCUT2D eigenvalue weighted by Gasteiger charge is -2.09. The summed E-state index contributed by atoms with van der Waals surface area (Å²) in [6.45, 7) is 2.65. The number of nitrogens with one attached hydrogen (secondary N) is 2. The van der Waals surface area contributed by atoms with Gasteiger partial charge in [-0.1, -0.05) is 6.07 Å². The van der Waals surface area contributed by atoms with Crippen molar-refractivity contribution >= 4 is 33.3 Å². The summed E-state index contributed by atoms with van der Waals surface area (Å²) in [6.07, 6.45) is 1.79. The molecule has 0 aliphatic carbocycles. The maximum absolute atomic E-state index is 5.40. The van der Waals surface area contributed by atoms with Crippen LogP contribution in [0.4, 0.5) is 11.8 Å². The van der Waals surface area contributed by atoms with Gasteiger partial charge in [0, 0.05) is 6.20 Å². The molecule has 20 heavy (non-hydrogen) atoms. The van der Waals surface area contributed by atoms with Crippen molar-refractivity contribution in [3.63, 3.8) is 0 Å². The van der Waals surface area contributed by atoms with Crippen molar-refractivity contribution < 1.29 is 0 Å². The van der Waals surface area contributed by atoms with Crippen LogP contribution in [0.5, 0.6) is 0 Å². The molecule has 3 aromatic heterocycles. The first-order valence-corrected chi connectivity index (χ1v) is 7.02. The Morgan fingerprint density at radius 2 is 2.20 bits per heavy atom. The maximum Gasteiger partial charge on any atom is 0.240 e. The number of pyridine rings is 1. The molecule has 0 unspecified atom stereocenters. The second-order valence-electron chi connectivity index (χ2n) is 4.30. The van der Waals surface area contributed by atoms with E-state index in [4.69, 9.17) is 5.84 Å². The Morgan fingerprint density at radius 3 is 3.00 bits per heavy atom. The van der Waals surface area contributed by atoms with E-state index in [0.717, 1.165) is 27.3 Å². The predicted molar refractivity (Wildman–Crippen MR) is 81.5 cm³/mol. The number of nitrogens with two attached hydrogens (primary N) is 1. The largest absolute Gasteiger partial charge is 0.364 e. The lowest BCUT2D eigenvalue weighted by Crippen LogP contribution is -2.12. The Kier molecular flexibility index (Phi) is 3.44. The minimum Gasteiger partial charge on any atom is -0.364 e. The first kappa shape index (κ1) is 12.8. The molecule has 3 rings (SSSR count). The molecule has 0 spiro atoms. The van der Waals surface area contributed by atoms with Gasteiger partial charge in [-0.2, -0.15) is 4.98 Å². The van der Waals surface area contributed by atoms with Gasteiger partial charge in [-0.05, 0) is 30.0 Å². The fourth-order valence-electron chi connectivity index (χ4n) is 1.93. The first-order chi connectivity index (χ1) is 9.78. The SMILES string of the molecule is Cc1cccnc1CNc1nc(NN)nc2sccc12. The summed E-state index contributed by atoms with van der Waals surface area (Å²) in [4.78, 5) is 13.9. The molecule has 0 saturated heterocycles. The van der Waals surface area contributed by atoms with E-state index in [0.29, 0.717) is 12.5 Å². The molecule has 0 radical (unpaired) electrons. The van der Waals surface area contributed by atoms with Crippen molar-refractivity contribution in [2.24, 2.45) is 5.84 Å². The Balaban J connectivity index is 1.90. The van der Waals surface area contributed by atoms with Crippen LogP contribution in [0.25, 0.3) is 10.2 Å². The summed E-state index contributed by atoms with van der Waals surface area (Å²) in [5, 5.41) is 6.27. The van der Waals surface area contributed by atoms with Crippen LogP contribution in [-0.4, -0.2) is 15.0 Å². The van der Waals surface area contributed by atoms with Gasteiger partial charge in [0.05, 0.1) is 17.6 Å². The topological polar surface area (TPSA) is 88.8 Å². The smallest absolute Gasteiger partial charge is 0.240 e. The van der Waals surface area contributed by atoms with Crippen LogP contribution in [0.1, 0.15) is 11.3 Å². The summed E-state index contributed by atoms with van der Waals surface area (Å²) < 4.78 is 0. The zero-order valence-corrected chi connectivity index (χ0v) is 11.7. The highest BCUT2D eigenvalue weighted by atomic mass is 32.1. The van der Waals surface area contributed by atoms with Gasteiger partial charge in [-0.15, -0.1) is 11.3 Å². The molecule has 0 fully saturated rings. The van der Waals surface area contributed by atoms with E-state index in [9.17, 15) is 0 Å². The molecule has 6 nitrogen and oxygen atoms in total. The van der Waals surface area contributed by atoms with E-state index in [2.05, 4.69) is 25.7 Å². The van der Waals surface area contributed by atoms with Crippen molar-refractivity contribution in [3.05, 3.63) is 41.0 Å². The molecule has 102 valence electrons. The van der Waals surface area contributed by atoms with Gasteiger partial charge in [0.25, 0.3) is 0 Å². The predicted octanol–water partition coefficient (Wildman–Crippen LogP) is 2.29. The summed E-state index contributed by atoms with van der Waals surface area (Å²) in [6, 6.07) is 5.96. The van der Waals surface area contributed by atoms with Crippen LogP contribution in [-0.2, 0) is 6.54 Å². The van der Waals surface area contributed by atoms with E-state index in [1.165, 1.54) is 0 Å². The number of fused-ring (bicyclic) bond motifs is 1. The molecule has 0 aromatic carbocycles. The number of nitrogens with zero attached hydrogens (tertiary/aromatic N) is 3. The number of anilines is 2. The third-order valence-electron chi connectivity index (χ3n) is 3.00. The number of nitrogen functional groups attached to an aromatic ring is 1. The molecule has 3 heterocycles. The molecular weight excluding hydrogens is 272 g/mol. The number of thiophene rings is 1. The van der Waals surface area contributed by atoms with Gasteiger partial charge >= 0.3 is 0 Å². The van der Waals surface area contributed by atoms with E-state index < -0.39 is 0 Å². The second kappa shape index (κ2) is 5.40. The first-order valence-electron chi connectivity index (χ1n) is 6.14. The van der Waals surface area contributed by atoms with Crippen molar-refractivity contribution in [2.45, 2.75) is 13.5 Å². The molecule has 3 aromatic rings. The number of hydrazine groups is 1. The molecule has 0 atom stereocenters. The van der Waals surface area contributed by atoms with Gasteiger partial charge in [0.1, 0.15) is 10.6 Å². The Morgan fingerprint density at radius 1 is 1.30 bits per heavy atom. The average molecular weight is 286 g/mol. The van der Waals surface area contributed by atoms with Gasteiger partial charge in [0.2, 0.25) is 5.95 Å². The van der Waals surface area contributed by atoms with Crippen molar-refractivity contribution in [2.75, 3.05) is 10.7 Å². The fraction of sp³-hybridized carbons (Fsp3) is 0.154. The fourth-order valence-corrected chi connectivity index (χ4v) is 2.69. The minimum absolute atomic E-state index is 0.403. The number of hydrogen-bond donors (Lipinski definition) is 3. The number of aryl methyl sites for hydroxylation is 1.